The first-order valence-corrected chi connectivity index (χ1v) is 6.25. The van der Waals surface area contributed by atoms with Crippen LogP contribution in [0, 0.1) is 0 Å². The zero-order valence-corrected chi connectivity index (χ0v) is 11.8. The highest BCUT2D eigenvalue weighted by atomic mass is 16.5. The number of hydrogen-bond acceptors (Lipinski definition) is 5. The van der Waals surface area contributed by atoms with Crippen molar-refractivity contribution in [3.8, 4) is 0 Å². The predicted molar refractivity (Wildman–Crippen MR) is 71.5 cm³/mol. The molecule has 1 heterocycles. The Bertz CT molecular complexity index is 514. The van der Waals surface area contributed by atoms with E-state index in [0.717, 1.165) is 12.8 Å². The van der Waals surface area contributed by atoms with Crippen LogP contribution in [0.5, 0.6) is 0 Å². The van der Waals surface area contributed by atoms with Crippen molar-refractivity contribution in [3.63, 3.8) is 0 Å². The van der Waals surface area contributed by atoms with Crippen molar-refractivity contribution in [2.75, 3.05) is 13.7 Å². The van der Waals surface area contributed by atoms with Gasteiger partial charge in [-0.1, -0.05) is 0 Å². The van der Waals surface area contributed by atoms with E-state index in [1.807, 2.05) is 6.07 Å². The summed E-state index contributed by atoms with van der Waals surface area (Å²) in [5.41, 5.74) is 0.808. The Hall–Kier alpha value is -2.58. The van der Waals surface area contributed by atoms with Crippen LogP contribution in [-0.4, -0.2) is 52.6 Å². The Morgan fingerprint density at radius 2 is 2.19 bits per heavy atom. The molecule has 21 heavy (non-hydrogen) atoms. The maximum Gasteiger partial charge on any atom is 0.326 e. The number of aryl methyl sites for hydroxylation is 1. The van der Waals surface area contributed by atoms with Gasteiger partial charge < -0.3 is 20.5 Å². The average molecular weight is 298 g/mol. The molecule has 9 heteroatoms. The molecule has 0 aliphatic rings. The van der Waals surface area contributed by atoms with Gasteiger partial charge in [0.25, 0.3) is 0 Å². The van der Waals surface area contributed by atoms with E-state index in [-0.39, 0.29) is 0 Å². The Balaban J connectivity index is 2.36. The Morgan fingerprint density at radius 3 is 2.71 bits per heavy atom. The number of carbonyl (C=O) groups is 3. The minimum atomic E-state index is -1.33. The summed E-state index contributed by atoms with van der Waals surface area (Å²) in [5.74, 6) is -2.02. The smallest absolute Gasteiger partial charge is 0.326 e. The van der Waals surface area contributed by atoms with E-state index in [1.165, 1.54) is 0 Å². The molecule has 1 atom stereocenters. The highest BCUT2D eigenvalue weighted by molar-refractivity contribution is 5.86. The third-order valence-electron chi connectivity index (χ3n) is 2.64. The number of nitrogens with one attached hydrogen (secondary N) is 2. The number of urea groups is 1. The fourth-order valence-corrected chi connectivity index (χ4v) is 1.56. The van der Waals surface area contributed by atoms with E-state index < -0.39 is 30.4 Å². The van der Waals surface area contributed by atoms with Crippen LogP contribution in [0.25, 0.3) is 0 Å². The van der Waals surface area contributed by atoms with Crippen molar-refractivity contribution in [2.24, 2.45) is 7.05 Å². The molecule has 0 radical (unpaired) electrons. The molecule has 0 saturated carbocycles. The standard InChI is InChI=1S/C12H18N4O5/c1-16-6-4-8(15-16)3-5-13-12(20)14-9(11(18)19)7-10(17)21-2/h4,6,9H,3,5,7H2,1-2H3,(H,18,19)(H2,13,14,20)/t9-/m0/s1. The van der Waals surface area contributed by atoms with Gasteiger partial charge in [-0.05, 0) is 6.07 Å². The van der Waals surface area contributed by atoms with Crippen molar-refractivity contribution in [1.29, 1.82) is 0 Å². The molecule has 0 saturated heterocycles. The first-order valence-electron chi connectivity index (χ1n) is 6.25. The summed E-state index contributed by atoms with van der Waals surface area (Å²) in [6, 6.07) is -0.175. The number of carboxylic acid groups (broad SMARTS) is 1. The van der Waals surface area contributed by atoms with Crippen LogP contribution >= 0.6 is 0 Å². The van der Waals surface area contributed by atoms with Gasteiger partial charge in [0, 0.05) is 26.2 Å². The number of ether oxygens (including phenoxy) is 1. The Kier molecular flexibility index (Phi) is 6.18. The second-order valence-corrected chi connectivity index (χ2v) is 4.30. The fourth-order valence-electron chi connectivity index (χ4n) is 1.56. The summed E-state index contributed by atoms with van der Waals surface area (Å²) in [6.07, 6.45) is 1.87. The van der Waals surface area contributed by atoms with Crippen LogP contribution < -0.4 is 10.6 Å². The van der Waals surface area contributed by atoms with Gasteiger partial charge in [0.2, 0.25) is 0 Å². The summed E-state index contributed by atoms with van der Waals surface area (Å²) in [7, 11) is 2.93. The highest BCUT2D eigenvalue weighted by Crippen LogP contribution is 1.96. The minimum Gasteiger partial charge on any atom is -0.480 e. The molecule has 0 unspecified atom stereocenters. The van der Waals surface area contributed by atoms with Gasteiger partial charge in [0.1, 0.15) is 6.04 Å². The van der Waals surface area contributed by atoms with Gasteiger partial charge in [-0.25, -0.2) is 9.59 Å². The lowest BCUT2D eigenvalue weighted by Crippen LogP contribution is -2.47. The number of nitrogens with zero attached hydrogens (tertiary/aromatic N) is 2. The SMILES string of the molecule is COC(=O)C[C@H](NC(=O)NCCc1ccn(C)n1)C(=O)O. The lowest BCUT2D eigenvalue weighted by Gasteiger charge is -2.13. The largest absolute Gasteiger partial charge is 0.480 e. The zero-order chi connectivity index (χ0) is 15.8. The van der Waals surface area contributed by atoms with Gasteiger partial charge in [0.05, 0.1) is 19.2 Å². The van der Waals surface area contributed by atoms with E-state index in [1.54, 1.807) is 17.9 Å². The van der Waals surface area contributed by atoms with Crippen molar-refractivity contribution >= 4 is 18.0 Å². The van der Waals surface area contributed by atoms with E-state index in [4.69, 9.17) is 5.11 Å². The Morgan fingerprint density at radius 1 is 1.48 bits per heavy atom. The summed E-state index contributed by atoms with van der Waals surface area (Å²) >= 11 is 0. The van der Waals surface area contributed by atoms with Gasteiger partial charge >= 0.3 is 18.0 Å². The van der Waals surface area contributed by atoms with Gasteiger partial charge in [-0.15, -0.1) is 0 Å². The van der Waals surface area contributed by atoms with E-state index in [9.17, 15) is 14.4 Å². The summed E-state index contributed by atoms with van der Waals surface area (Å²) in [5, 5.41) is 17.7. The molecular weight excluding hydrogens is 280 g/mol. The van der Waals surface area contributed by atoms with Gasteiger partial charge in [0.15, 0.2) is 0 Å². The number of carboxylic acids is 1. The highest BCUT2D eigenvalue weighted by Gasteiger charge is 2.23. The number of amides is 2. The molecule has 9 nitrogen and oxygen atoms in total. The number of hydrogen-bond donors (Lipinski definition) is 3. The first kappa shape index (κ1) is 16.5. The second kappa shape index (κ2) is 7.88. The average Bonchev–Trinajstić information content (AvgIpc) is 2.83. The molecule has 0 bridgehead atoms. The lowest BCUT2D eigenvalue weighted by molar-refractivity contribution is -0.147. The van der Waals surface area contributed by atoms with Crippen LogP contribution in [0.15, 0.2) is 12.3 Å². The summed E-state index contributed by atoms with van der Waals surface area (Å²) in [6.45, 7) is 0.299. The molecule has 116 valence electrons. The summed E-state index contributed by atoms with van der Waals surface area (Å²) < 4.78 is 6.01. The molecule has 0 spiro atoms. The predicted octanol–water partition coefficient (Wildman–Crippen LogP) is -0.722. The Labute approximate surface area is 121 Å². The number of esters is 1. The second-order valence-electron chi connectivity index (χ2n) is 4.30. The molecular formula is C12H18N4O5. The topological polar surface area (TPSA) is 123 Å². The number of methoxy groups -OCH3 is 1. The molecule has 0 aliphatic carbocycles. The molecule has 1 rings (SSSR count). The first-order chi connectivity index (χ1) is 9.92. The van der Waals surface area contributed by atoms with Crippen molar-refractivity contribution in [2.45, 2.75) is 18.9 Å². The maximum atomic E-state index is 11.6. The minimum absolute atomic E-state index is 0.299. The van der Waals surface area contributed by atoms with Crippen LogP contribution in [0.3, 0.4) is 0 Å². The molecule has 1 aromatic rings. The van der Waals surface area contributed by atoms with Crippen LogP contribution in [0.4, 0.5) is 4.79 Å². The monoisotopic (exact) mass is 298 g/mol. The van der Waals surface area contributed by atoms with Crippen LogP contribution in [-0.2, 0) is 27.8 Å². The third-order valence-corrected chi connectivity index (χ3v) is 2.64. The number of rotatable bonds is 7. The van der Waals surface area contributed by atoms with Crippen LogP contribution in [0.2, 0.25) is 0 Å². The van der Waals surface area contributed by atoms with E-state index >= 15 is 0 Å². The van der Waals surface area contributed by atoms with Crippen molar-refractivity contribution < 1.29 is 24.2 Å². The molecule has 2 amide bonds. The summed E-state index contributed by atoms with van der Waals surface area (Å²) in [4.78, 5) is 33.5. The normalized spacial score (nSPS) is 11.5. The number of aliphatic carboxylic acids is 1. The quantitative estimate of drug-likeness (QED) is 0.571. The lowest BCUT2D eigenvalue weighted by atomic mass is 10.2. The van der Waals surface area contributed by atoms with Gasteiger partial charge in [-0.3, -0.25) is 9.48 Å². The number of carbonyl (C=O) groups excluding carboxylic acids is 2. The number of aromatic nitrogens is 2. The van der Waals surface area contributed by atoms with Crippen LogP contribution in [0.1, 0.15) is 12.1 Å². The molecule has 0 aromatic carbocycles. The molecule has 3 N–H and O–H groups in total. The molecule has 0 fully saturated rings. The van der Waals surface area contributed by atoms with Crippen molar-refractivity contribution in [1.82, 2.24) is 20.4 Å². The molecule has 0 aliphatic heterocycles. The maximum absolute atomic E-state index is 11.6. The third kappa shape index (κ3) is 5.93. The van der Waals surface area contributed by atoms with E-state index in [0.29, 0.717) is 13.0 Å². The molecule has 1 aromatic heterocycles. The fraction of sp³-hybridized carbons (Fsp3) is 0.500. The van der Waals surface area contributed by atoms with E-state index in [2.05, 4.69) is 20.5 Å². The van der Waals surface area contributed by atoms with Gasteiger partial charge in [-0.2, -0.15) is 5.10 Å². The zero-order valence-electron chi connectivity index (χ0n) is 11.8. The van der Waals surface area contributed by atoms with Crippen molar-refractivity contribution in [3.05, 3.63) is 18.0 Å².